The molecule has 1 aliphatic rings. The second kappa shape index (κ2) is 7.25. The monoisotopic (exact) mass is 338 g/mol. The fraction of sp³-hybridized carbons (Fsp3) is 0.350. The van der Waals surface area contributed by atoms with Gasteiger partial charge in [-0.15, -0.1) is 0 Å². The molecule has 5 heteroatoms. The molecule has 1 aliphatic heterocycles. The second-order valence-electron chi connectivity index (χ2n) is 6.37. The quantitative estimate of drug-likeness (QED) is 0.727. The standard InChI is InChI=1S/C20H22N2O3/c23-20(21-8-3-9-22-10-12-24-13-11-22)19-14-17-16-5-2-1-4-15(16)6-7-18(17)25-19/h1-2,4-7,14H,3,8-13H2,(H,21,23). The van der Waals surface area contributed by atoms with Gasteiger partial charge >= 0.3 is 0 Å². The van der Waals surface area contributed by atoms with E-state index in [0.29, 0.717) is 12.3 Å². The highest BCUT2D eigenvalue weighted by molar-refractivity contribution is 6.08. The number of carbonyl (C=O) groups excluding carboxylic acids is 1. The minimum absolute atomic E-state index is 0.151. The number of nitrogens with one attached hydrogen (secondary N) is 1. The molecule has 1 fully saturated rings. The topological polar surface area (TPSA) is 54.7 Å². The summed E-state index contributed by atoms with van der Waals surface area (Å²) in [5, 5.41) is 6.19. The Kier molecular flexibility index (Phi) is 4.68. The maximum Gasteiger partial charge on any atom is 0.287 e. The highest BCUT2D eigenvalue weighted by atomic mass is 16.5. The van der Waals surface area contributed by atoms with Gasteiger partial charge in [0.2, 0.25) is 0 Å². The van der Waals surface area contributed by atoms with Crippen molar-refractivity contribution >= 4 is 27.6 Å². The van der Waals surface area contributed by atoms with E-state index >= 15 is 0 Å². The second-order valence-corrected chi connectivity index (χ2v) is 6.37. The van der Waals surface area contributed by atoms with Crippen LogP contribution < -0.4 is 5.32 Å². The highest BCUT2D eigenvalue weighted by Gasteiger charge is 2.14. The van der Waals surface area contributed by atoms with Gasteiger partial charge in [-0.1, -0.05) is 30.3 Å². The number of morpholine rings is 1. The summed E-state index contributed by atoms with van der Waals surface area (Å²) in [5.41, 5.74) is 0.747. The Morgan fingerprint density at radius 1 is 1.08 bits per heavy atom. The molecule has 0 unspecified atom stereocenters. The third-order valence-electron chi connectivity index (χ3n) is 4.69. The zero-order valence-corrected chi connectivity index (χ0v) is 14.2. The lowest BCUT2D eigenvalue weighted by Crippen LogP contribution is -2.38. The molecule has 0 saturated carbocycles. The van der Waals surface area contributed by atoms with Crippen LogP contribution in [0.3, 0.4) is 0 Å². The molecular formula is C20H22N2O3. The van der Waals surface area contributed by atoms with Crippen molar-refractivity contribution in [2.24, 2.45) is 0 Å². The molecule has 3 aromatic rings. The predicted octanol–water partition coefficient (Wildman–Crippen LogP) is 3.04. The Balaban J connectivity index is 1.39. The summed E-state index contributed by atoms with van der Waals surface area (Å²) in [5.74, 6) is 0.222. The Morgan fingerprint density at radius 2 is 1.92 bits per heavy atom. The van der Waals surface area contributed by atoms with Gasteiger partial charge < -0.3 is 14.5 Å². The average molecular weight is 338 g/mol. The molecule has 0 radical (unpaired) electrons. The van der Waals surface area contributed by atoms with E-state index in [4.69, 9.17) is 9.15 Å². The number of fused-ring (bicyclic) bond motifs is 3. The molecule has 1 saturated heterocycles. The Hall–Kier alpha value is -2.37. The fourth-order valence-corrected chi connectivity index (χ4v) is 3.32. The maximum atomic E-state index is 12.4. The summed E-state index contributed by atoms with van der Waals surface area (Å²) in [4.78, 5) is 14.7. The van der Waals surface area contributed by atoms with Crippen LogP contribution in [-0.2, 0) is 4.74 Å². The number of hydrogen-bond donors (Lipinski definition) is 1. The zero-order chi connectivity index (χ0) is 17.1. The third-order valence-corrected chi connectivity index (χ3v) is 4.69. The largest absolute Gasteiger partial charge is 0.451 e. The van der Waals surface area contributed by atoms with Crippen LogP contribution in [0.1, 0.15) is 17.0 Å². The van der Waals surface area contributed by atoms with Crippen molar-refractivity contribution < 1.29 is 13.9 Å². The lowest BCUT2D eigenvalue weighted by molar-refractivity contribution is 0.0374. The molecule has 130 valence electrons. The molecule has 25 heavy (non-hydrogen) atoms. The number of furan rings is 1. The molecule has 1 aromatic heterocycles. The van der Waals surface area contributed by atoms with Gasteiger partial charge in [-0.2, -0.15) is 0 Å². The van der Waals surface area contributed by atoms with Gasteiger partial charge in [-0.25, -0.2) is 0 Å². The summed E-state index contributed by atoms with van der Waals surface area (Å²) >= 11 is 0. The van der Waals surface area contributed by atoms with Crippen LogP contribution in [0.25, 0.3) is 21.7 Å². The molecule has 2 aromatic carbocycles. The number of nitrogens with zero attached hydrogens (tertiary/aromatic N) is 1. The number of amides is 1. The van der Waals surface area contributed by atoms with Crippen molar-refractivity contribution in [2.75, 3.05) is 39.4 Å². The summed E-state index contributed by atoms with van der Waals surface area (Å²) in [6, 6.07) is 13.9. The maximum absolute atomic E-state index is 12.4. The van der Waals surface area contributed by atoms with Gasteiger partial charge in [0.05, 0.1) is 13.2 Å². The first kappa shape index (κ1) is 16.1. The lowest BCUT2D eigenvalue weighted by Gasteiger charge is -2.26. The molecule has 0 spiro atoms. The first-order valence-corrected chi connectivity index (χ1v) is 8.81. The number of carbonyl (C=O) groups is 1. The first-order chi connectivity index (χ1) is 12.3. The molecule has 1 N–H and O–H groups in total. The van der Waals surface area contributed by atoms with Crippen molar-refractivity contribution in [1.29, 1.82) is 0 Å². The zero-order valence-electron chi connectivity index (χ0n) is 14.2. The molecular weight excluding hydrogens is 316 g/mol. The normalized spacial score (nSPS) is 15.7. The van der Waals surface area contributed by atoms with Gasteiger partial charge in [0.15, 0.2) is 5.76 Å². The van der Waals surface area contributed by atoms with Gasteiger partial charge in [0.1, 0.15) is 5.58 Å². The van der Waals surface area contributed by atoms with E-state index in [1.165, 1.54) is 0 Å². The van der Waals surface area contributed by atoms with E-state index in [9.17, 15) is 4.79 Å². The van der Waals surface area contributed by atoms with E-state index in [0.717, 1.165) is 61.0 Å². The minimum Gasteiger partial charge on any atom is -0.451 e. The van der Waals surface area contributed by atoms with Crippen LogP contribution >= 0.6 is 0 Å². The van der Waals surface area contributed by atoms with Gasteiger partial charge in [-0.05, 0) is 35.9 Å². The summed E-state index contributed by atoms with van der Waals surface area (Å²) in [6.07, 6.45) is 0.925. The number of ether oxygens (including phenoxy) is 1. The van der Waals surface area contributed by atoms with Crippen molar-refractivity contribution in [3.05, 3.63) is 48.2 Å². The van der Waals surface area contributed by atoms with E-state index in [1.807, 2.05) is 30.3 Å². The summed E-state index contributed by atoms with van der Waals surface area (Å²) in [6.45, 7) is 5.19. The van der Waals surface area contributed by atoms with Gasteiger partial charge in [0, 0.05) is 25.0 Å². The summed E-state index contributed by atoms with van der Waals surface area (Å²) < 4.78 is 11.1. The number of rotatable bonds is 5. The van der Waals surface area contributed by atoms with Crippen LogP contribution in [-0.4, -0.2) is 50.2 Å². The number of benzene rings is 2. The van der Waals surface area contributed by atoms with E-state index in [1.54, 1.807) is 0 Å². The van der Waals surface area contributed by atoms with Gasteiger partial charge in [-0.3, -0.25) is 9.69 Å². The predicted molar refractivity (Wildman–Crippen MR) is 97.9 cm³/mol. The molecule has 1 amide bonds. The van der Waals surface area contributed by atoms with Crippen molar-refractivity contribution in [2.45, 2.75) is 6.42 Å². The van der Waals surface area contributed by atoms with Crippen LogP contribution in [0.4, 0.5) is 0 Å². The fourth-order valence-electron chi connectivity index (χ4n) is 3.32. The van der Waals surface area contributed by atoms with E-state index in [2.05, 4.69) is 22.3 Å². The van der Waals surface area contributed by atoms with Crippen molar-refractivity contribution in [1.82, 2.24) is 10.2 Å². The van der Waals surface area contributed by atoms with Crippen LogP contribution in [0.15, 0.2) is 46.9 Å². The highest BCUT2D eigenvalue weighted by Crippen LogP contribution is 2.28. The van der Waals surface area contributed by atoms with Crippen molar-refractivity contribution in [3.8, 4) is 0 Å². The molecule has 5 nitrogen and oxygen atoms in total. The Morgan fingerprint density at radius 3 is 2.80 bits per heavy atom. The SMILES string of the molecule is O=C(NCCCN1CCOCC1)c1cc2c(ccc3ccccc32)o1. The first-order valence-electron chi connectivity index (χ1n) is 8.81. The van der Waals surface area contributed by atoms with E-state index in [-0.39, 0.29) is 5.91 Å². The smallest absolute Gasteiger partial charge is 0.287 e. The van der Waals surface area contributed by atoms with Crippen molar-refractivity contribution in [3.63, 3.8) is 0 Å². The van der Waals surface area contributed by atoms with Crippen LogP contribution in [0, 0.1) is 0 Å². The van der Waals surface area contributed by atoms with Crippen LogP contribution in [0.2, 0.25) is 0 Å². The lowest BCUT2D eigenvalue weighted by atomic mass is 10.1. The number of hydrogen-bond acceptors (Lipinski definition) is 4. The molecule has 0 atom stereocenters. The Bertz CT molecular complexity index is 881. The molecule has 0 bridgehead atoms. The third kappa shape index (κ3) is 3.52. The van der Waals surface area contributed by atoms with E-state index < -0.39 is 0 Å². The Labute approximate surface area is 146 Å². The minimum atomic E-state index is -0.151. The average Bonchev–Trinajstić information content (AvgIpc) is 3.11. The van der Waals surface area contributed by atoms with Gasteiger partial charge in [0.25, 0.3) is 5.91 Å². The summed E-state index contributed by atoms with van der Waals surface area (Å²) in [7, 11) is 0. The van der Waals surface area contributed by atoms with Crippen LogP contribution in [0.5, 0.6) is 0 Å². The molecule has 4 rings (SSSR count). The molecule has 2 heterocycles. The molecule has 0 aliphatic carbocycles.